The van der Waals surface area contributed by atoms with Gasteiger partial charge in [0.05, 0.1) is 11.8 Å². The van der Waals surface area contributed by atoms with Crippen molar-refractivity contribution < 1.29 is 9.59 Å². The second kappa shape index (κ2) is 12.5. The molecule has 4 aliphatic rings. The lowest BCUT2D eigenvalue weighted by atomic mass is 9.85. The number of piperidine rings is 1. The van der Waals surface area contributed by atoms with Crippen molar-refractivity contribution in [2.45, 2.75) is 64.8 Å². The van der Waals surface area contributed by atoms with Crippen LogP contribution >= 0.6 is 24.0 Å². The van der Waals surface area contributed by atoms with Gasteiger partial charge in [-0.05, 0) is 77.3 Å². The number of halogens is 1. The van der Waals surface area contributed by atoms with Crippen molar-refractivity contribution in [3.05, 3.63) is 12.2 Å². The molecule has 2 amide bonds. The summed E-state index contributed by atoms with van der Waals surface area (Å²) >= 11 is 0. The van der Waals surface area contributed by atoms with E-state index < -0.39 is 0 Å². The fraction of sp³-hybridized carbons (Fsp3) is 0.800. The first-order chi connectivity index (χ1) is 15.6. The highest BCUT2D eigenvalue weighted by Crippen LogP contribution is 2.52. The smallest absolute Gasteiger partial charge is 0.233 e. The zero-order valence-corrected chi connectivity index (χ0v) is 22.6. The van der Waals surface area contributed by atoms with E-state index in [2.05, 4.69) is 46.5 Å². The highest BCUT2D eigenvalue weighted by atomic mass is 127. The van der Waals surface area contributed by atoms with Gasteiger partial charge in [-0.1, -0.05) is 18.6 Å². The fourth-order valence-electron chi connectivity index (χ4n) is 6.08. The number of rotatable bonds is 10. The van der Waals surface area contributed by atoms with Gasteiger partial charge in [-0.15, -0.1) is 24.0 Å². The van der Waals surface area contributed by atoms with Crippen molar-refractivity contribution in [1.82, 2.24) is 20.4 Å². The van der Waals surface area contributed by atoms with Gasteiger partial charge in [-0.25, -0.2) is 0 Å². The summed E-state index contributed by atoms with van der Waals surface area (Å²) in [5.41, 5.74) is 0. The van der Waals surface area contributed by atoms with E-state index in [-0.39, 0.29) is 59.5 Å². The maximum absolute atomic E-state index is 12.8. The maximum atomic E-state index is 12.8. The first-order valence-corrected chi connectivity index (χ1v) is 12.9. The molecule has 2 saturated heterocycles. The van der Waals surface area contributed by atoms with Crippen molar-refractivity contribution in [1.29, 1.82) is 0 Å². The Kier molecular flexibility index (Phi) is 10.0. The van der Waals surface area contributed by atoms with Gasteiger partial charge >= 0.3 is 0 Å². The molecule has 0 aromatic rings. The zero-order chi connectivity index (χ0) is 22.5. The van der Waals surface area contributed by atoms with Gasteiger partial charge in [0.1, 0.15) is 0 Å². The normalized spacial score (nSPS) is 31.2. The summed E-state index contributed by atoms with van der Waals surface area (Å²) in [4.78, 5) is 34.3. The van der Waals surface area contributed by atoms with Crippen LogP contribution in [0.15, 0.2) is 17.1 Å². The van der Waals surface area contributed by atoms with Gasteiger partial charge in [0, 0.05) is 32.2 Å². The van der Waals surface area contributed by atoms with Crippen LogP contribution in [0.2, 0.25) is 0 Å². The lowest BCUT2D eigenvalue weighted by Gasteiger charge is -2.33. The quantitative estimate of drug-likeness (QED) is 0.105. The summed E-state index contributed by atoms with van der Waals surface area (Å²) in [5.74, 6) is 1.32. The summed E-state index contributed by atoms with van der Waals surface area (Å²) in [6, 6.07) is 0.732. The lowest BCUT2D eigenvalue weighted by molar-refractivity contribution is -0.140. The van der Waals surface area contributed by atoms with Crippen LogP contribution in [0.4, 0.5) is 0 Å². The SMILES string of the molecule is CCNC(=NCCCN1C(=O)C2C3C=CC(C3)C2C1=O)NCCCCN1CCCCC1C.I. The Hall–Kier alpha value is -1.16. The van der Waals surface area contributed by atoms with E-state index in [0.29, 0.717) is 19.5 Å². The van der Waals surface area contributed by atoms with E-state index in [1.807, 2.05) is 0 Å². The number of aliphatic imine (C=N–C) groups is 1. The lowest BCUT2D eigenvalue weighted by Crippen LogP contribution is -2.39. The predicted octanol–water partition coefficient (Wildman–Crippen LogP) is 3.01. The number of unbranched alkanes of at least 4 members (excludes halogenated alkanes) is 1. The number of carbonyl (C=O) groups is 2. The Bertz CT molecular complexity index is 712. The predicted molar refractivity (Wildman–Crippen MR) is 143 cm³/mol. The molecule has 8 heteroatoms. The molecule has 0 radical (unpaired) electrons. The molecule has 33 heavy (non-hydrogen) atoms. The number of nitrogens with one attached hydrogen (secondary N) is 2. The zero-order valence-electron chi connectivity index (χ0n) is 20.3. The molecule has 186 valence electrons. The molecule has 2 heterocycles. The summed E-state index contributed by atoms with van der Waals surface area (Å²) in [7, 11) is 0. The number of guanidine groups is 1. The van der Waals surface area contributed by atoms with Crippen LogP contribution in [0.3, 0.4) is 0 Å². The molecule has 2 N–H and O–H groups in total. The van der Waals surface area contributed by atoms with Gasteiger partial charge in [0.2, 0.25) is 11.8 Å². The van der Waals surface area contributed by atoms with Gasteiger partial charge < -0.3 is 15.5 Å². The second-order valence-electron chi connectivity index (χ2n) is 9.96. The van der Waals surface area contributed by atoms with Crippen molar-refractivity contribution in [3.63, 3.8) is 0 Å². The second-order valence-corrected chi connectivity index (χ2v) is 9.96. The van der Waals surface area contributed by atoms with Crippen LogP contribution in [0, 0.1) is 23.7 Å². The number of amides is 2. The fourth-order valence-corrected chi connectivity index (χ4v) is 6.08. The minimum atomic E-state index is -0.0899. The third-order valence-electron chi connectivity index (χ3n) is 7.82. The first kappa shape index (κ1) is 26.4. The van der Waals surface area contributed by atoms with E-state index in [4.69, 9.17) is 0 Å². The minimum Gasteiger partial charge on any atom is -0.357 e. The third kappa shape index (κ3) is 6.10. The average Bonchev–Trinajstić information content (AvgIpc) is 3.47. The maximum Gasteiger partial charge on any atom is 0.233 e. The average molecular weight is 572 g/mol. The topological polar surface area (TPSA) is 77.0 Å². The molecular weight excluding hydrogens is 529 g/mol. The number of hydrogen-bond donors (Lipinski definition) is 2. The largest absolute Gasteiger partial charge is 0.357 e. The van der Waals surface area contributed by atoms with Gasteiger partial charge in [0.15, 0.2) is 5.96 Å². The molecule has 2 aliphatic heterocycles. The molecule has 7 nitrogen and oxygen atoms in total. The van der Waals surface area contributed by atoms with Crippen molar-refractivity contribution in [2.24, 2.45) is 28.7 Å². The Morgan fingerprint density at radius 3 is 2.42 bits per heavy atom. The molecule has 2 bridgehead atoms. The Balaban J connectivity index is 0.00000306. The molecule has 4 rings (SSSR count). The summed E-state index contributed by atoms with van der Waals surface area (Å²) in [6.45, 7) is 9.68. The Morgan fingerprint density at radius 1 is 1.03 bits per heavy atom. The van der Waals surface area contributed by atoms with Crippen LogP contribution in [0.5, 0.6) is 0 Å². The monoisotopic (exact) mass is 571 g/mol. The molecule has 3 fully saturated rings. The number of allylic oxidation sites excluding steroid dienone is 2. The van der Waals surface area contributed by atoms with Crippen LogP contribution in [-0.2, 0) is 9.59 Å². The van der Waals surface area contributed by atoms with Crippen molar-refractivity contribution >= 4 is 41.8 Å². The number of fused-ring (bicyclic) bond motifs is 5. The number of hydrogen-bond acceptors (Lipinski definition) is 4. The van der Waals surface area contributed by atoms with Gasteiger partial charge in [-0.3, -0.25) is 19.5 Å². The summed E-state index contributed by atoms with van der Waals surface area (Å²) in [5, 5.41) is 6.73. The molecule has 5 atom stereocenters. The van der Waals surface area contributed by atoms with Gasteiger partial charge in [-0.2, -0.15) is 0 Å². The summed E-state index contributed by atoms with van der Waals surface area (Å²) in [6.07, 6.45) is 12.4. The third-order valence-corrected chi connectivity index (χ3v) is 7.82. The van der Waals surface area contributed by atoms with E-state index >= 15 is 0 Å². The molecule has 2 aliphatic carbocycles. The van der Waals surface area contributed by atoms with E-state index in [1.54, 1.807) is 0 Å². The van der Waals surface area contributed by atoms with Crippen molar-refractivity contribution in [2.75, 3.05) is 39.3 Å². The van der Waals surface area contributed by atoms with E-state index in [0.717, 1.165) is 37.9 Å². The molecular formula is C25H42IN5O2. The first-order valence-electron chi connectivity index (χ1n) is 12.9. The molecule has 0 spiro atoms. The van der Waals surface area contributed by atoms with Crippen LogP contribution in [0.25, 0.3) is 0 Å². The van der Waals surface area contributed by atoms with Crippen LogP contribution in [-0.4, -0.2) is 72.9 Å². The summed E-state index contributed by atoms with van der Waals surface area (Å²) < 4.78 is 0. The minimum absolute atomic E-state index is 0. The highest BCUT2D eigenvalue weighted by Gasteiger charge is 2.58. The molecule has 1 saturated carbocycles. The number of carbonyl (C=O) groups excluding carboxylic acids is 2. The number of imide groups is 1. The van der Waals surface area contributed by atoms with Crippen molar-refractivity contribution in [3.8, 4) is 0 Å². The Labute approximate surface area is 216 Å². The van der Waals surface area contributed by atoms with Gasteiger partial charge in [0.25, 0.3) is 0 Å². The number of nitrogens with zero attached hydrogens (tertiary/aromatic N) is 3. The van der Waals surface area contributed by atoms with E-state index in [9.17, 15) is 9.59 Å². The van der Waals surface area contributed by atoms with Crippen LogP contribution < -0.4 is 10.6 Å². The molecule has 5 unspecified atom stereocenters. The molecule has 0 aromatic carbocycles. The Morgan fingerprint density at radius 2 is 1.76 bits per heavy atom. The number of likely N-dealkylation sites (tertiary alicyclic amines) is 2. The molecule has 0 aromatic heterocycles. The van der Waals surface area contributed by atoms with E-state index in [1.165, 1.54) is 43.7 Å². The standard InChI is InChI=1S/C25H41N5O2.HI/c1-3-26-25(27-12-5-7-15-29-14-6-4-9-18(29)2)28-13-8-16-30-23(31)21-19-10-11-20(17-19)22(21)24(30)32;/h10-11,18-22H,3-9,12-17H2,1-2H3,(H2,26,27,28);1H. The highest BCUT2D eigenvalue weighted by molar-refractivity contribution is 14.0. The van der Waals surface area contributed by atoms with Crippen LogP contribution in [0.1, 0.15) is 58.8 Å².